The summed E-state index contributed by atoms with van der Waals surface area (Å²) in [7, 11) is 0. The first-order valence-electron chi connectivity index (χ1n) is 4.81. The Hall–Kier alpha value is -0.980. The summed E-state index contributed by atoms with van der Waals surface area (Å²) in [5.41, 5.74) is 1.60. The summed E-state index contributed by atoms with van der Waals surface area (Å²) in [4.78, 5) is 3.04. The Morgan fingerprint density at radius 2 is 2.08 bits per heavy atom. The first-order chi connectivity index (χ1) is 6.00. The molecule has 1 aromatic rings. The molecule has 1 N–H and O–H groups in total. The monoisotopic (exact) mass is 177 g/mol. The van der Waals surface area contributed by atoms with E-state index >= 15 is 0 Å². The Bertz CT molecular complexity index is 262. The average Bonchev–Trinajstić information content (AvgIpc) is 2.50. The zero-order valence-electron chi connectivity index (χ0n) is 8.96. The number of aromatic nitrogens is 1. The molecule has 0 saturated heterocycles. The van der Waals surface area contributed by atoms with Crippen LogP contribution < -0.4 is 0 Å². The summed E-state index contributed by atoms with van der Waals surface area (Å²) in [6, 6.07) is 2.08. The van der Waals surface area contributed by atoms with Crippen LogP contribution in [-0.4, -0.2) is 4.98 Å². The summed E-state index contributed by atoms with van der Waals surface area (Å²) < 4.78 is 0. The summed E-state index contributed by atoms with van der Waals surface area (Å²) in [5, 5.41) is 0. The van der Waals surface area contributed by atoms with Gasteiger partial charge in [0.2, 0.25) is 0 Å². The standard InChI is InChI=1S/C12H19N/c1-10(12(2,3)4)5-6-11-7-8-13-9-11/h5-10,13H,1-4H3. The second kappa shape index (κ2) is 3.82. The van der Waals surface area contributed by atoms with Crippen molar-refractivity contribution in [3.05, 3.63) is 30.1 Å². The summed E-state index contributed by atoms with van der Waals surface area (Å²) in [6.07, 6.45) is 8.39. The molecule has 0 spiro atoms. The summed E-state index contributed by atoms with van der Waals surface area (Å²) in [5.74, 6) is 0.599. The highest BCUT2D eigenvalue weighted by atomic mass is 14.6. The Morgan fingerprint density at radius 3 is 2.54 bits per heavy atom. The molecule has 0 bridgehead atoms. The quantitative estimate of drug-likeness (QED) is 0.708. The van der Waals surface area contributed by atoms with Crippen LogP contribution in [0.2, 0.25) is 0 Å². The number of allylic oxidation sites excluding steroid dienone is 1. The molecule has 0 amide bonds. The van der Waals surface area contributed by atoms with E-state index in [4.69, 9.17) is 0 Å². The largest absolute Gasteiger partial charge is 0.367 e. The van der Waals surface area contributed by atoms with Crippen molar-refractivity contribution in [2.45, 2.75) is 27.7 Å². The Morgan fingerprint density at radius 1 is 1.38 bits per heavy atom. The van der Waals surface area contributed by atoms with E-state index in [1.165, 1.54) is 5.56 Å². The number of aromatic amines is 1. The van der Waals surface area contributed by atoms with Crippen LogP contribution in [0.4, 0.5) is 0 Å². The molecule has 0 aliphatic carbocycles. The summed E-state index contributed by atoms with van der Waals surface area (Å²) in [6.45, 7) is 9.04. The first kappa shape index (κ1) is 10.1. The van der Waals surface area contributed by atoms with Gasteiger partial charge in [0, 0.05) is 12.4 Å². The molecular formula is C12H19N. The zero-order valence-corrected chi connectivity index (χ0v) is 8.96. The lowest BCUT2D eigenvalue weighted by Crippen LogP contribution is -2.14. The van der Waals surface area contributed by atoms with Gasteiger partial charge in [0.15, 0.2) is 0 Å². The van der Waals surface area contributed by atoms with Crippen LogP contribution >= 0.6 is 0 Å². The minimum atomic E-state index is 0.354. The van der Waals surface area contributed by atoms with E-state index in [0.29, 0.717) is 11.3 Å². The number of nitrogens with one attached hydrogen (secondary N) is 1. The van der Waals surface area contributed by atoms with E-state index < -0.39 is 0 Å². The maximum atomic E-state index is 3.04. The highest BCUT2D eigenvalue weighted by Gasteiger charge is 2.16. The molecule has 0 saturated carbocycles. The second-order valence-electron chi connectivity index (χ2n) is 4.66. The Kier molecular flexibility index (Phi) is 2.97. The van der Waals surface area contributed by atoms with Gasteiger partial charge in [-0.05, 0) is 23.0 Å². The van der Waals surface area contributed by atoms with Gasteiger partial charge in [-0.1, -0.05) is 39.8 Å². The van der Waals surface area contributed by atoms with Crippen LogP contribution in [0.5, 0.6) is 0 Å². The maximum Gasteiger partial charge on any atom is 0.00779 e. The third-order valence-electron chi connectivity index (χ3n) is 2.57. The van der Waals surface area contributed by atoms with E-state index in [0.717, 1.165) is 0 Å². The predicted molar refractivity (Wildman–Crippen MR) is 58.4 cm³/mol. The lowest BCUT2D eigenvalue weighted by Gasteiger charge is -2.24. The smallest absolute Gasteiger partial charge is 0.00779 e. The molecule has 72 valence electrons. The van der Waals surface area contributed by atoms with Crippen molar-refractivity contribution >= 4 is 6.08 Å². The van der Waals surface area contributed by atoms with Gasteiger partial charge in [0.05, 0.1) is 0 Å². The van der Waals surface area contributed by atoms with E-state index in [9.17, 15) is 0 Å². The molecule has 1 heterocycles. The molecule has 0 radical (unpaired) electrons. The van der Waals surface area contributed by atoms with Gasteiger partial charge >= 0.3 is 0 Å². The van der Waals surface area contributed by atoms with Gasteiger partial charge in [-0.15, -0.1) is 0 Å². The molecule has 0 aromatic carbocycles. The topological polar surface area (TPSA) is 15.8 Å². The number of hydrogen-bond donors (Lipinski definition) is 1. The Labute approximate surface area is 80.9 Å². The molecule has 1 heteroatoms. The van der Waals surface area contributed by atoms with E-state index in [1.807, 2.05) is 12.4 Å². The van der Waals surface area contributed by atoms with Crippen LogP contribution in [0.15, 0.2) is 24.5 Å². The van der Waals surface area contributed by atoms with Crippen LogP contribution in [0.3, 0.4) is 0 Å². The predicted octanol–water partition coefficient (Wildman–Crippen LogP) is 3.71. The fourth-order valence-corrected chi connectivity index (χ4v) is 0.985. The van der Waals surface area contributed by atoms with E-state index in [1.54, 1.807) is 0 Å². The van der Waals surface area contributed by atoms with Crippen LogP contribution in [0.1, 0.15) is 33.3 Å². The van der Waals surface area contributed by atoms with Crippen molar-refractivity contribution in [1.82, 2.24) is 4.98 Å². The lowest BCUT2D eigenvalue weighted by molar-refractivity contribution is 0.315. The zero-order chi connectivity index (χ0) is 9.90. The van der Waals surface area contributed by atoms with Crippen molar-refractivity contribution in [1.29, 1.82) is 0 Å². The van der Waals surface area contributed by atoms with Crippen molar-refractivity contribution < 1.29 is 0 Å². The van der Waals surface area contributed by atoms with Gasteiger partial charge < -0.3 is 4.98 Å². The molecule has 1 unspecified atom stereocenters. The van der Waals surface area contributed by atoms with E-state index in [-0.39, 0.29) is 0 Å². The lowest BCUT2D eigenvalue weighted by atomic mass is 9.82. The molecule has 13 heavy (non-hydrogen) atoms. The number of hydrogen-bond acceptors (Lipinski definition) is 0. The molecular weight excluding hydrogens is 158 g/mol. The van der Waals surface area contributed by atoms with E-state index in [2.05, 4.69) is 50.9 Å². The number of H-pyrrole nitrogens is 1. The molecule has 1 rings (SSSR count). The van der Waals surface area contributed by atoms with Crippen molar-refractivity contribution in [2.75, 3.05) is 0 Å². The molecule has 1 nitrogen and oxygen atoms in total. The van der Waals surface area contributed by atoms with Gasteiger partial charge in [0.1, 0.15) is 0 Å². The van der Waals surface area contributed by atoms with Crippen molar-refractivity contribution in [2.24, 2.45) is 11.3 Å². The molecule has 1 aromatic heterocycles. The fraction of sp³-hybridized carbons (Fsp3) is 0.500. The minimum absolute atomic E-state index is 0.354. The molecule has 1 atom stereocenters. The normalized spacial score (nSPS) is 15.1. The van der Waals surface area contributed by atoms with Crippen molar-refractivity contribution in [3.8, 4) is 0 Å². The van der Waals surface area contributed by atoms with Gasteiger partial charge in [-0.3, -0.25) is 0 Å². The fourth-order valence-electron chi connectivity index (χ4n) is 0.985. The number of rotatable bonds is 2. The average molecular weight is 177 g/mol. The highest BCUT2D eigenvalue weighted by molar-refractivity contribution is 5.48. The third kappa shape index (κ3) is 3.10. The highest BCUT2D eigenvalue weighted by Crippen LogP contribution is 2.26. The first-order valence-corrected chi connectivity index (χ1v) is 4.81. The van der Waals surface area contributed by atoms with Gasteiger partial charge in [0.25, 0.3) is 0 Å². The van der Waals surface area contributed by atoms with Gasteiger partial charge in [-0.2, -0.15) is 0 Å². The van der Waals surface area contributed by atoms with Crippen molar-refractivity contribution in [3.63, 3.8) is 0 Å². The van der Waals surface area contributed by atoms with Gasteiger partial charge in [-0.25, -0.2) is 0 Å². The summed E-state index contributed by atoms with van der Waals surface area (Å²) >= 11 is 0. The molecule has 0 aliphatic heterocycles. The SMILES string of the molecule is CC(C=Cc1cc[nH]c1)C(C)(C)C. The van der Waals surface area contributed by atoms with Crippen LogP contribution in [0, 0.1) is 11.3 Å². The second-order valence-corrected chi connectivity index (χ2v) is 4.66. The third-order valence-corrected chi connectivity index (χ3v) is 2.57. The Balaban J connectivity index is 2.59. The molecule has 0 aliphatic rings. The maximum absolute atomic E-state index is 3.04. The minimum Gasteiger partial charge on any atom is -0.367 e. The van der Waals surface area contributed by atoms with Crippen LogP contribution in [-0.2, 0) is 0 Å². The molecule has 0 fully saturated rings. The van der Waals surface area contributed by atoms with Crippen LogP contribution in [0.25, 0.3) is 6.08 Å².